The van der Waals surface area contributed by atoms with Crippen LogP contribution in [0.2, 0.25) is 0 Å². The minimum Gasteiger partial charge on any atom is -0.340 e. The van der Waals surface area contributed by atoms with E-state index in [1.54, 1.807) is 25.5 Å². The number of aromatic nitrogens is 3. The normalized spacial score (nSPS) is 11.9. The van der Waals surface area contributed by atoms with Gasteiger partial charge in [0.2, 0.25) is 0 Å². The molecule has 3 aromatic rings. The van der Waals surface area contributed by atoms with Crippen molar-refractivity contribution in [2.24, 2.45) is 7.05 Å². The molecule has 0 aliphatic heterocycles. The van der Waals surface area contributed by atoms with Gasteiger partial charge < -0.3 is 9.88 Å². The molecule has 0 saturated heterocycles. The molecule has 2 heterocycles. The topological polar surface area (TPSA) is 62.7 Å². The molecule has 0 saturated carbocycles. The molecular formula is C16H15F3N4O. The Bertz CT molecular complexity index is 917. The lowest BCUT2D eigenvalue weighted by Gasteiger charge is -2.07. The molecule has 2 aromatic heterocycles. The molecule has 3 rings (SSSR count). The van der Waals surface area contributed by atoms with Crippen LogP contribution < -0.4 is 5.32 Å². The van der Waals surface area contributed by atoms with Gasteiger partial charge in [0.25, 0.3) is 5.91 Å². The number of halogens is 3. The quantitative estimate of drug-likeness (QED) is 0.748. The number of amides is 1. The largest absolute Gasteiger partial charge is 0.416 e. The second-order valence-electron chi connectivity index (χ2n) is 5.62. The fourth-order valence-corrected chi connectivity index (χ4v) is 2.66. The molecule has 0 aliphatic carbocycles. The molecule has 0 fully saturated rings. The number of fused-ring (bicyclic) bond motifs is 1. The lowest BCUT2D eigenvalue weighted by atomic mass is 10.1. The van der Waals surface area contributed by atoms with E-state index in [1.165, 1.54) is 12.1 Å². The first-order valence-corrected chi connectivity index (χ1v) is 7.18. The molecule has 0 unspecified atom stereocenters. The number of hydrogen-bond acceptors (Lipinski definition) is 2. The van der Waals surface area contributed by atoms with Gasteiger partial charge in [-0.1, -0.05) is 0 Å². The number of nitrogens with zero attached hydrogens (tertiary/aromatic N) is 2. The van der Waals surface area contributed by atoms with Crippen LogP contribution in [0.5, 0.6) is 0 Å². The first kappa shape index (κ1) is 16.1. The van der Waals surface area contributed by atoms with Gasteiger partial charge in [-0.2, -0.15) is 18.3 Å². The molecule has 1 aromatic carbocycles. The van der Waals surface area contributed by atoms with Gasteiger partial charge in [0.15, 0.2) is 0 Å². The first-order chi connectivity index (χ1) is 11.2. The van der Waals surface area contributed by atoms with Crippen LogP contribution in [-0.2, 0) is 13.2 Å². The standard InChI is InChI=1S/C16H15F3N4O/c1-8-14(9(2)22-21-8)20-15(24)13-7-10-6-11(16(17,18)19)4-5-12(10)23(13)3/h4-7H,1-3H3,(H,20,24)(H,21,22). The molecule has 0 bridgehead atoms. The van der Waals surface area contributed by atoms with Gasteiger partial charge in [0.05, 0.1) is 22.6 Å². The molecule has 1 amide bonds. The summed E-state index contributed by atoms with van der Waals surface area (Å²) < 4.78 is 40.0. The summed E-state index contributed by atoms with van der Waals surface area (Å²) in [4.78, 5) is 12.5. The van der Waals surface area contributed by atoms with Crippen LogP contribution in [0, 0.1) is 13.8 Å². The minimum absolute atomic E-state index is 0.268. The van der Waals surface area contributed by atoms with E-state index in [4.69, 9.17) is 0 Å². The molecule has 2 N–H and O–H groups in total. The maximum Gasteiger partial charge on any atom is 0.416 e. The fourth-order valence-electron chi connectivity index (χ4n) is 2.66. The highest BCUT2D eigenvalue weighted by molar-refractivity contribution is 6.06. The van der Waals surface area contributed by atoms with Gasteiger partial charge in [0, 0.05) is 18.0 Å². The Morgan fingerprint density at radius 3 is 2.54 bits per heavy atom. The molecule has 126 valence electrons. The van der Waals surface area contributed by atoms with E-state index in [1.807, 2.05) is 0 Å². The highest BCUT2D eigenvalue weighted by Gasteiger charge is 2.31. The number of nitrogens with one attached hydrogen (secondary N) is 2. The van der Waals surface area contributed by atoms with Crippen LogP contribution in [0.4, 0.5) is 18.9 Å². The van der Waals surface area contributed by atoms with E-state index in [2.05, 4.69) is 15.5 Å². The fraction of sp³-hybridized carbons (Fsp3) is 0.250. The Morgan fingerprint density at radius 1 is 1.25 bits per heavy atom. The Kier molecular flexibility index (Phi) is 3.62. The lowest BCUT2D eigenvalue weighted by Crippen LogP contribution is -2.16. The van der Waals surface area contributed by atoms with E-state index < -0.39 is 17.6 Å². The van der Waals surface area contributed by atoms with Gasteiger partial charge in [-0.05, 0) is 38.1 Å². The predicted octanol–water partition coefficient (Wildman–Crippen LogP) is 3.79. The highest BCUT2D eigenvalue weighted by atomic mass is 19.4. The predicted molar refractivity (Wildman–Crippen MR) is 83.9 cm³/mol. The maximum absolute atomic E-state index is 12.8. The summed E-state index contributed by atoms with van der Waals surface area (Å²) in [6.07, 6.45) is -4.42. The van der Waals surface area contributed by atoms with Crippen LogP contribution >= 0.6 is 0 Å². The monoisotopic (exact) mass is 336 g/mol. The van der Waals surface area contributed by atoms with Crippen molar-refractivity contribution in [1.29, 1.82) is 0 Å². The Balaban J connectivity index is 2.00. The summed E-state index contributed by atoms with van der Waals surface area (Å²) in [6.45, 7) is 3.52. The number of carbonyl (C=O) groups excluding carboxylic acids is 1. The van der Waals surface area contributed by atoms with Crippen molar-refractivity contribution < 1.29 is 18.0 Å². The second-order valence-corrected chi connectivity index (χ2v) is 5.62. The van der Waals surface area contributed by atoms with Crippen LogP contribution in [0.1, 0.15) is 27.4 Å². The van der Waals surface area contributed by atoms with Gasteiger partial charge in [-0.3, -0.25) is 9.89 Å². The van der Waals surface area contributed by atoms with Crippen LogP contribution in [-0.4, -0.2) is 20.7 Å². The summed E-state index contributed by atoms with van der Waals surface area (Å²) in [6, 6.07) is 4.86. The first-order valence-electron chi connectivity index (χ1n) is 7.18. The third-order valence-corrected chi connectivity index (χ3v) is 3.97. The van der Waals surface area contributed by atoms with Gasteiger partial charge >= 0.3 is 6.18 Å². The van der Waals surface area contributed by atoms with Gasteiger partial charge in [-0.15, -0.1) is 0 Å². The van der Waals surface area contributed by atoms with Crippen molar-refractivity contribution >= 4 is 22.5 Å². The van der Waals surface area contributed by atoms with Gasteiger partial charge in [-0.25, -0.2) is 0 Å². The summed E-state index contributed by atoms with van der Waals surface area (Å²) in [5, 5.41) is 9.86. The minimum atomic E-state index is -4.42. The maximum atomic E-state index is 12.8. The van der Waals surface area contributed by atoms with Gasteiger partial charge in [0.1, 0.15) is 5.69 Å². The van der Waals surface area contributed by atoms with E-state index in [0.717, 1.165) is 12.1 Å². The zero-order chi connectivity index (χ0) is 17.6. The third kappa shape index (κ3) is 2.64. The van der Waals surface area contributed by atoms with Crippen molar-refractivity contribution in [1.82, 2.24) is 14.8 Å². The molecule has 0 atom stereocenters. The number of aromatic amines is 1. The molecule has 24 heavy (non-hydrogen) atoms. The number of aryl methyl sites for hydroxylation is 3. The van der Waals surface area contributed by atoms with E-state index >= 15 is 0 Å². The number of rotatable bonds is 2. The smallest absolute Gasteiger partial charge is 0.340 e. The highest BCUT2D eigenvalue weighted by Crippen LogP contribution is 2.32. The summed E-state index contributed by atoms with van der Waals surface area (Å²) in [5.41, 5.74) is 1.99. The van der Waals surface area contributed by atoms with Crippen LogP contribution in [0.3, 0.4) is 0 Å². The van der Waals surface area contributed by atoms with Crippen molar-refractivity contribution in [3.8, 4) is 0 Å². The number of hydrogen-bond donors (Lipinski definition) is 2. The van der Waals surface area contributed by atoms with E-state index in [0.29, 0.717) is 28.0 Å². The van der Waals surface area contributed by atoms with Crippen molar-refractivity contribution in [2.45, 2.75) is 20.0 Å². The molecule has 0 aliphatic rings. The molecule has 0 spiro atoms. The Labute approximate surface area is 135 Å². The summed E-state index contributed by atoms with van der Waals surface area (Å²) in [7, 11) is 1.64. The number of benzene rings is 1. The average Bonchev–Trinajstić information content (AvgIpc) is 3.00. The Hall–Kier alpha value is -2.77. The van der Waals surface area contributed by atoms with Crippen LogP contribution in [0.15, 0.2) is 24.3 Å². The second kappa shape index (κ2) is 5.40. The third-order valence-electron chi connectivity index (χ3n) is 3.97. The van der Waals surface area contributed by atoms with Crippen molar-refractivity contribution in [2.75, 3.05) is 5.32 Å². The average molecular weight is 336 g/mol. The summed E-state index contributed by atoms with van der Waals surface area (Å²) in [5.74, 6) is -0.408. The lowest BCUT2D eigenvalue weighted by molar-refractivity contribution is -0.137. The zero-order valence-corrected chi connectivity index (χ0v) is 13.2. The molecular weight excluding hydrogens is 321 g/mol. The molecule has 5 nitrogen and oxygen atoms in total. The van der Waals surface area contributed by atoms with Crippen molar-refractivity contribution in [3.63, 3.8) is 0 Å². The number of alkyl halides is 3. The SMILES string of the molecule is Cc1n[nH]c(C)c1NC(=O)c1cc2cc(C(F)(F)F)ccc2n1C. The number of carbonyl (C=O) groups is 1. The van der Waals surface area contributed by atoms with E-state index in [-0.39, 0.29) is 5.69 Å². The number of H-pyrrole nitrogens is 1. The summed E-state index contributed by atoms with van der Waals surface area (Å²) >= 11 is 0. The zero-order valence-electron chi connectivity index (χ0n) is 13.2. The number of anilines is 1. The molecule has 8 heteroatoms. The molecule has 0 radical (unpaired) electrons. The Morgan fingerprint density at radius 2 is 1.96 bits per heavy atom. The van der Waals surface area contributed by atoms with Crippen LogP contribution in [0.25, 0.3) is 10.9 Å². The van der Waals surface area contributed by atoms with Crippen molar-refractivity contribution in [3.05, 3.63) is 46.9 Å². The van der Waals surface area contributed by atoms with E-state index in [9.17, 15) is 18.0 Å².